The van der Waals surface area contributed by atoms with Crippen molar-refractivity contribution in [3.05, 3.63) is 52.2 Å². The highest BCUT2D eigenvalue weighted by Crippen LogP contribution is 2.28. The van der Waals surface area contributed by atoms with Crippen LogP contribution in [0.1, 0.15) is 59.9 Å². The number of hydrogen-bond acceptors (Lipinski definition) is 4. The molecule has 1 aliphatic heterocycles. The van der Waals surface area contributed by atoms with Crippen molar-refractivity contribution in [2.75, 3.05) is 40.3 Å². The average Bonchev–Trinajstić information content (AvgIpc) is 3.21. The standard InChI is InChI=1S/C21H23N3O.C6H14N2.C4H10/c1-6-7-15-8-9-18-16(10-15)17(12-22-18)19-11-20(25)24(14(2)23-19)13-21(3,4)5;1-7-3-5-8(2)6-4-7;1-4(2)3/h8-12,22H,13H2,1-5H3;3-6H2,1-2H3;4H,1-3H3. The number of aromatic amines is 1. The molecule has 6 heteroatoms. The fraction of sp³-hybridized carbons (Fsp3) is 0.548. The van der Waals surface area contributed by atoms with Crippen LogP contribution in [0.4, 0.5) is 0 Å². The van der Waals surface area contributed by atoms with E-state index < -0.39 is 0 Å². The van der Waals surface area contributed by atoms with Gasteiger partial charge in [-0.1, -0.05) is 47.5 Å². The topological polar surface area (TPSA) is 57.2 Å². The molecule has 0 amide bonds. The van der Waals surface area contributed by atoms with Gasteiger partial charge in [0.15, 0.2) is 0 Å². The maximum absolute atomic E-state index is 12.6. The third kappa shape index (κ3) is 9.83. The maximum Gasteiger partial charge on any atom is 0.254 e. The van der Waals surface area contributed by atoms with E-state index >= 15 is 0 Å². The van der Waals surface area contributed by atoms with E-state index in [4.69, 9.17) is 4.98 Å². The maximum atomic E-state index is 12.6. The van der Waals surface area contributed by atoms with Gasteiger partial charge in [-0.15, -0.1) is 5.92 Å². The summed E-state index contributed by atoms with van der Waals surface area (Å²) in [6, 6.07) is 7.65. The Labute approximate surface area is 224 Å². The first-order chi connectivity index (χ1) is 17.3. The first-order valence-electron chi connectivity index (χ1n) is 13.3. The molecular weight excluding hydrogens is 458 g/mol. The summed E-state index contributed by atoms with van der Waals surface area (Å²) >= 11 is 0. The first kappa shape index (κ1) is 30.3. The van der Waals surface area contributed by atoms with Gasteiger partial charge in [0, 0.05) is 67.0 Å². The number of hydrogen-bond donors (Lipinski definition) is 1. The lowest BCUT2D eigenvalue weighted by molar-refractivity contribution is 0.181. The van der Waals surface area contributed by atoms with Gasteiger partial charge >= 0.3 is 0 Å². The lowest BCUT2D eigenvalue weighted by Gasteiger charge is -2.28. The Morgan fingerprint density at radius 3 is 2.08 bits per heavy atom. The molecule has 0 bridgehead atoms. The summed E-state index contributed by atoms with van der Waals surface area (Å²) in [6.45, 7) is 22.1. The van der Waals surface area contributed by atoms with Gasteiger partial charge in [0.2, 0.25) is 0 Å². The Kier molecular flexibility index (Phi) is 11.2. The number of nitrogens with zero attached hydrogens (tertiary/aromatic N) is 4. The molecule has 0 aliphatic carbocycles. The van der Waals surface area contributed by atoms with Crippen LogP contribution in [-0.2, 0) is 6.54 Å². The summed E-state index contributed by atoms with van der Waals surface area (Å²) in [4.78, 5) is 25.3. The zero-order valence-electron chi connectivity index (χ0n) is 24.7. The molecule has 0 spiro atoms. The van der Waals surface area contributed by atoms with Crippen molar-refractivity contribution >= 4 is 10.9 Å². The third-order valence-corrected chi connectivity index (χ3v) is 5.79. The predicted molar refractivity (Wildman–Crippen MR) is 158 cm³/mol. The zero-order valence-corrected chi connectivity index (χ0v) is 24.7. The van der Waals surface area contributed by atoms with Gasteiger partial charge < -0.3 is 14.8 Å². The van der Waals surface area contributed by atoms with E-state index in [-0.39, 0.29) is 11.0 Å². The summed E-state index contributed by atoms with van der Waals surface area (Å²) in [5.41, 5.74) is 3.59. The van der Waals surface area contributed by atoms with Gasteiger partial charge in [0.25, 0.3) is 5.56 Å². The number of fused-ring (bicyclic) bond motifs is 1. The van der Waals surface area contributed by atoms with Gasteiger partial charge in [-0.3, -0.25) is 9.36 Å². The summed E-state index contributed by atoms with van der Waals surface area (Å²) in [6.07, 6.45) is 1.91. The number of nitrogens with one attached hydrogen (secondary N) is 1. The van der Waals surface area contributed by atoms with Crippen molar-refractivity contribution in [2.24, 2.45) is 11.3 Å². The summed E-state index contributed by atoms with van der Waals surface area (Å²) < 4.78 is 1.74. The Bertz CT molecular complexity index is 1250. The SMILES string of the molecule is CC#Cc1ccc2[nH]cc(-c3cc(=O)n(CC(C)(C)C)c(C)n3)c2c1.CC(C)C.CN1CCN(C)CC1. The highest BCUT2D eigenvalue weighted by Gasteiger charge is 2.16. The van der Waals surface area contributed by atoms with Crippen LogP contribution in [0.3, 0.4) is 0 Å². The normalized spacial score (nSPS) is 14.4. The molecule has 2 aromatic heterocycles. The van der Waals surface area contributed by atoms with Gasteiger partial charge in [-0.25, -0.2) is 4.98 Å². The van der Waals surface area contributed by atoms with Gasteiger partial charge in [0.1, 0.15) is 5.82 Å². The molecule has 0 saturated carbocycles. The molecule has 37 heavy (non-hydrogen) atoms. The summed E-state index contributed by atoms with van der Waals surface area (Å²) in [5.74, 6) is 7.56. The molecule has 0 radical (unpaired) electrons. The van der Waals surface area contributed by atoms with Crippen LogP contribution in [-0.4, -0.2) is 64.6 Å². The third-order valence-electron chi connectivity index (χ3n) is 5.79. The Balaban J connectivity index is 0.000000331. The minimum atomic E-state index is -0.0173. The van der Waals surface area contributed by atoms with Crippen molar-refractivity contribution in [1.82, 2.24) is 24.3 Å². The van der Waals surface area contributed by atoms with Gasteiger partial charge in [0.05, 0.1) is 5.69 Å². The van der Waals surface area contributed by atoms with E-state index in [0.29, 0.717) is 12.2 Å². The monoisotopic (exact) mass is 505 g/mol. The second-order valence-corrected chi connectivity index (χ2v) is 11.8. The van der Waals surface area contributed by atoms with E-state index in [0.717, 1.165) is 33.8 Å². The minimum absolute atomic E-state index is 0.0173. The Morgan fingerprint density at radius 1 is 1.03 bits per heavy atom. The van der Waals surface area contributed by atoms with Crippen LogP contribution < -0.4 is 5.56 Å². The molecule has 1 N–H and O–H groups in total. The second kappa shape index (κ2) is 13.6. The molecule has 202 valence electrons. The number of aryl methyl sites for hydroxylation is 1. The van der Waals surface area contributed by atoms with E-state index in [1.807, 2.05) is 38.2 Å². The summed E-state index contributed by atoms with van der Waals surface area (Å²) in [5, 5.41) is 1.03. The van der Waals surface area contributed by atoms with Crippen molar-refractivity contribution in [1.29, 1.82) is 0 Å². The van der Waals surface area contributed by atoms with Crippen LogP contribution in [0.5, 0.6) is 0 Å². The highest BCUT2D eigenvalue weighted by molar-refractivity contribution is 5.95. The van der Waals surface area contributed by atoms with Gasteiger partial charge in [-0.2, -0.15) is 0 Å². The van der Waals surface area contributed by atoms with Crippen molar-refractivity contribution < 1.29 is 0 Å². The Hall–Kier alpha value is -2.88. The van der Waals surface area contributed by atoms with Crippen LogP contribution in [0.25, 0.3) is 22.2 Å². The first-order valence-corrected chi connectivity index (χ1v) is 13.3. The molecule has 3 aromatic rings. The largest absolute Gasteiger partial charge is 0.360 e. The number of likely N-dealkylation sites (N-methyl/N-ethyl adjacent to an activating group) is 2. The second-order valence-electron chi connectivity index (χ2n) is 11.8. The smallest absolute Gasteiger partial charge is 0.254 e. The number of piperazine rings is 1. The van der Waals surface area contributed by atoms with E-state index in [9.17, 15) is 4.79 Å². The number of rotatable bonds is 2. The van der Waals surface area contributed by atoms with Crippen molar-refractivity contribution in [2.45, 2.75) is 61.9 Å². The van der Waals surface area contributed by atoms with E-state index in [2.05, 4.69) is 82.3 Å². The zero-order chi connectivity index (χ0) is 27.8. The van der Waals surface area contributed by atoms with Crippen molar-refractivity contribution in [3.8, 4) is 23.1 Å². The highest BCUT2D eigenvalue weighted by atomic mass is 16.1. The van der Waals surface area contributed by atoms with Crippen LogP contribution in [0.15, 0.2) is 35.3 Å². The molecule has 1 fully saturated rings. The molecule has 4 rings (SSSR count). The minimum Gasteiger partial charge on any atom is -0.360 e. The molecule has 0 atom stereocenters. The number of benzene rings is 1. The fourth-order valence-corrected chi connectivity index (χ4v) is 3.89. The molecule has 3 heterocycles. The average molecular weight is 506 g/mol. The lowest BCUT2D eigenvalue weighted by atomic mass is 9.97. The van der Waals surface area contributed by atoms with Crippen LogP contribution >= 0.6 is 0 Å². The van der Waals surface area contributed by atoms with Crippen LogP contribution in [0, 0.1) is 30.1 Å². The van der Waals surface area contributed by atoms with Crippen LogP contribution in [0.2, 0.25) is 0 Å². The van der Waals surface area contributed by atoms with Gasteiger partial charge in [-0.05, 0) is 57.5 Å². The quantitative estimate of drug-likeness (QED) is 0.458. The molecular formula is C31H47N5O. The Morgan fingerprint density at radius 2 is 1.59 bits per heavy atom. The predicted octanol–water partition coefficient (Wildman–Crippen LogP) is 5.64. The van der Waals surface area contributed by atoms with Crippen molar-refractivity contribution in [3.63, 3.8) is 0 Å². The summed E-state index contributed by atoms with van der Waals surface area (Å²) in [7, 11) is 4.35. The number of aromatic nitrogens is 3. The number of H-pyrrole nitrogens is 1. The fourth-order valence-electron chi connectivity index (χ4n) is 3.89. The lowest BCUT2D eigenvalue weighted by Crippen LogP contribution is -2.42. The van der Waals surface area contributed by atoms with E-state index in [1.54, 1.807) is 10.6 Å². The molecule has 1 aromatic carbocycles. The molecule has 1 saturated heterocycles. The molecule has 1 aliphatic rings. The molecule has 0 unspecified atom stereocenters. The van der Waals surface area contributed by atoms with E-state index in [1.165, 1.54) is 26.2 Å². The molecule has 6 nitrogen and oxygen atoms in total.